The fourth-order valence-corrected chi connectivity index (χ4v) is 1.47. The van der Waals surface area contributed by atoms with Gasteiger partial charge < -0.3 is 15.4 Å². The van der Waals surface area contributed by atoms with Crippen molar-refractivity contribution in [2.45, 2.75) is 19.9 Å². The van der Waals surface area contributed by atoms with Crippen LogP contribution in [0, 0.1) is 6.92 Å². The molecule has 17 heavy (non-hydrogen) atoms. The first-order valence-electron chi connectivity index (χ1n) is 6.15. The molecule has 1 aromatic rings. The summed E-state index contributed by atoms with van der Waals surface area (Å²) in [4.78, 5) is 4.26. The average Bonchev–Trinajstić information content (AvgIpc) is 2.35. The number of ether oxygens (including phenoxy) is 1. The second-order valence-corrected chi connectivity index (χ2v) is 4.08. The summed E-state index contributed by atoms with van der Waals surface area (Å²) in [7, 11) is 1.72. The Bertz CT molecular complexity index is 287. The summed E-state index contributed by atoms with van der Waals surface area (Å²) in [6.07, 6.45) is 3.06. The van der Waals surface area contributed by atoms with Crippen LogP contribution in [0.3, 0.4) is 0 Å². The zero-order chi connectivity index (χ0) is 12.3. The van der Waals surface area contributed by atoms with E-state index in [2.05, 4.69) is 21.7 Å². The molecule has 0 unspecified atom stereocenters. The van der Waals surface area contributed by atoms with Crippen molar-refractivity contribution in [3.05, 3.63) is 29.6 Å². The molecule has 1 rings (SSSR count). The highest BCUT2D eigenvalue weighted by atomic mass is 16.5. The van der Waals surface area contributed by atoms with Gasteiger partial charge in [0.2, 0.25) is 0 Å². The lowest BCUT2D eigenvalue weighted by atomic mass is 10.2. The Hall–Kier alpha value is -0.970. The lowest BCUT2D eigenvalue weighted by molar-refractivity contribution is 0.199. The van der Waals surface area contributed by atoms with Crippen LogP contribution in [0.4, 0.5) is 0 Å². The molecule has 0 spiro atoms. The summed E-state index contributed by atoms with van der Waals surface area (Å²) in [5.74, 6) is 0. The minimum absolute atomic E-state index is 0.780. The molecule has 0 amide bonds. The minimum atomic E-state index is 0.780. The van der Waals surface area contributed by atoms with E-state index in [1.807, 2.05) is 19.2 Å². The molecular formula is C13H23N3O. The summed E-state index contributed by atoms with van der Waals surface area (Å²) in [6.45, 7) is 6.66. The first-order valence-corrected chi connectivity index (χ1v) is 6.15. The maximum atomic E-state index is 4.95. The van der Waals surface area contributed by atoms with Crippen LogP contribution in [0.25, 0.3) is 0 Å². The predicted molar refractivity (Wildman–Crippen MR) is 70.0 cm³/mol. The summed E-state index contributed by atoms with van der Waals surface area (Å²) in [5.41, 5.74) is 2.30. The van der Waals surface area contributed by atoms with Gasteiger partial charge in [-0.3, -0.25) is 4.98 Å². The predicted octanol–water partition coefficient (Wildman–Crippen LogP) is 1.11. The van der Waals surface area contributed by atoms with Crippen molar-refractivity contribution < 1.29 is 4.74 Å². The van der Waals surface area contributed by atoms with Crippen LogP contribution in [-0.2, 0) is 11.3 Å². The molecule has 0 aromatic carbocycles. The molecule has 0 atom stereocenters. The van der Waals surface area contributed by atoms with E-state index in [0.717, 1.165) is 44.9 Å². The highest BCUT2D eigenvalue weighted by Crippen LogP contribution is 1.98. The molecule has 4 heteroatoms. The Labute approximate surface area is 104 Å². The number of hydrogen-bond acceptors (Lipinski definition) is 4. The smallest absolute Gasteiger partial charge is 0.0587 e. The highest BCUT2D eigenvalue weighted by Gasteiger charge is 1.93. The number of nitrogens with one attached hydrogen (secondary N) is 2. The molecule has 0 fully saturated rings. The summed E-state index contributed by atoms with van der Waals surface area (Å²) in [6, 6.07) is 4.16. The normalized spacial score (nSPS) is 10.7. The van der Waals surface area contributed by atoms with Crippen LogP contribution in [0.2, 0.25) is 0 Å². The number of aromatic nitrogens is 1. The minimum Gasteiger partial charge on any atom is -0.383 e. The number of nitrogens with zero attached hydrogens (tertiary/aromatic N) is 1. The third-order valence-corrected chi connectivity index (χ3v) is 2.49. The van der Waals surface area contributed by atoms with Crippen LogP contribution in [-0.4, -0.2) is 38.3 Å². The molecule has 0 saturated carbocycles. The number of aryl methyl sites for hydroxylation is 1. The van der Waals surface area contributed by atoms with E-state index in [0.29, 0.717) is 0 Å². The molecule has 0 aliphatic rings. The van der Waals surface area contributed by atoms with Gasteiger partial charge in [0.1, 0.15) is 0 Å². The fourth-order valence-electron chi connectivity index (χ4n) is 1.47. The standard InChI is InChI=1S/C13H23N3O/c1-12-4-5-13(11-16-12)10-15-7-3-6-14-8-9-17-2/h4-5,11,14-15H,3,6-10H2,1-2H3. The SMILES string of the molecule is COCCNCCCNCc1ccc(C)nc1. The molecule has 4 nitrogen and oxygen atoms in total. The van der Waals surface area contributed by atoms with Gasteiger partial charge in [0.05, 0.1) is 6.61 Å². The van der Waals surface area contributed by atoms with Crippen molar-refractivity contribution in [2.75, 3.05) is 33.4 Å². The van der Waals surface area contributed by atoms with E-state index in [4.69, 9.17) is 4.74 Å². The van der Waals surface area contributed by atoms with Crippen molar-refractivity contribution in [1.29, 1.82) is 0 Å². The van der Waals surface area contributed by atoms with E-state index < -0.39 is 0 Å². The molecule has 96 valence electrons. The van der Waals surface area contributed by atoms with E-state index in [-0.39, 0.29) is 0 Å². The second kappa shape index (κ2) is 9.10. The van der Waals surface area contributed by atoms with Crippen molar-refractivity contribution >= 4 is 0 Å². The monoisotopic (exact) mass is 237 g/mol. The summed E-state index contributed by atoms with van der Waals surface area (Å²) in [5, 5.41) is 6.72. The molecule has 1 aromatic heterocycles. The molecule has 1 heterocycles. The number of rotatable bonds is 9. The Morgan fingerprint density at radius 1 is 1.18 bits per heavy atom. The summed E-state index contributed by atoms with van der Waals surface area (Å²) < 4.78 is 4.95. The van der Waals surface area contributed by atoms with Gasteiger partial charge in [-0.25, -0.2) is 0 Å². The van der Waals surface area contributed by atoms with E-state index in [1.54, 1.807) is 7.11 Å². The molecule has 0 aliphatic heterocycles. The molecule has 0 aliphatic carbocycles. The highest BCUT2D eigenvalue weighted by molar-refractivity contribution is 5.12. The number of pyridine rings is 1. The van der Waals surface area contributed by atoms with E-state index >= 15 is 0 Å². The van der Waals surface area contributed by atoms with Gasteiger partial charge in [-0.05, 0) is 38.1 Å². The van der Waals surface area contributed by atoms with Gasteiger partial charge in [0.15, 0.2) is 0 Å². The first kappa shape index (κ1) is 14.1. The Balaban J connectivity index is 1.95. The average molecular weight is 237 g/mol. The molecule has 0 saturated heterocycles. The summed E-state index contributed by atoms with van der Waals surface area (Å²) >= 11 is 0. The van der Waals surface area contributed by atoms with Crippen molar-refractivity contribution in [1.82, 2.24) is 15.6 Å². The largest absolute Gasteiger partial charge is 0.383 e. The zero-order valence-electron chi connectivity index (χ0n) is 10.8. The van der Waals surface area contributed by atoms with Gasteiger partial charge in [-0.15, -0.1) is 0 Å². The Morgan fingerprint density at radius 2 is 2.00 bits per heavy atom. The first-order chi connectivity index (χ1) is 8.33. The van der Waals surface area contributed by atoms with Gasteiger partial charge in [-0.1, -0.05) is 6.07 Å². The van der Waals surface area contributed by atoms with Crippen LogP contribution in [0.5, 0.6) is 0 Å². The third-order valence-electron chi connectivity index (χ3n) is 2.49. The van der Waals surface area contributed by atoms with E-state index in [1.165, 1.54) is 5.56 Å². The van der Waals surface area contributed by atoms with Crippen molar-refractivity contribution in [3.63, 3.8) is 0 Å². The van der Waals surface area contributed by atoms with Gasteiger partial charge in [0, 0.05) is 32.1 Å². The fraction of sp³-hybridized carbons (Fsp3) is 0.615. The second-order valence-electron chi connectivity index (χ2n) is 4.08. The number of methoxy groups -OCH3 is 1. The maximum Gasteiger partial charge on any atom is 0.0587 e. The topological polar surface area (TPSA) is 46.2 Å². The Morgan fingerprint density at radius 3 is 2.71 bits per heavy atom. The van der Waals surface area contributed by atoms with Crippen molar-refractivity contribution in [2.24, 2.45) is 0 Å². The molecule has 2 N–H and O–H groups in total. The van der Waals surface area contributed by atoms with Gasteiger partial charge >= 0.3 is 0 Å². The van der Waals surface area contributed by atoms with Gasteiger partial charge in [0.25, 0.3) is 0 Å². The Kier molecular flexibility index (Phi) is 7.54. The van der Waals surface area contributed by atoms with Crippen molar-refractivity contribution in [3.8, 4) is 0 Å². The lowest BCUT2D eigenvalue weighted by Crippen LogP contribution is -2.24. The quantitative estimate of drug-likeness (QED) is 0.632. The van der Waals surface area contributed by atoms with E-state index in [9.17, 15) is 0 Å². The lowest BCUT2D eigenvalue weighted by Gasteiger charge is -2.06. The molecule has 0 bridgehead atoms. The van der Waals surface area contributed by atoms with Crippen LogP contribution in [0.1, 0.15) is 17.7 Å². The van der Waals surface area contributed by atoms with Crippen LogP contribution < -0.4 is 10.6 Å². The maximum absolute atomic E-state index is 4.95. The molecule has 0 radical (unpaired) electrons. The number of hydrogen-bond donors (Lipinski definition) is 2. The van der Waals surface area contributed by atoms with Crippen LogP contribution in [0.15, 0.2) is 18.3 Å². The van der Waals surface area contributed by atoms with Crippen LogP contribution >= 0.6 is 0 Å². The third kappa shape index (κ3) is 7.05. The zero-order valence-corrected chi connectivity index (χ0v) is 10.8. The molecular weight excluding hydrogens is 214 g/mol. The van der Waals surface area contributed by atoms with Gasteiger partial charge in [-0.2, -0.15) is 0 Å².